The summed E-state index contributed by atoms with van der Waals surface area (Å²) in [7, 11) is 0. The van der Waals surface area contributed by atoms with Crippen LogP contribution in [0.2, 0.25) is 0 Å². The first-order valence-corrected chi connectivity index (χ1v) is 12.5. The van der Waals surface area contributed by atoms with Crippen molar-refractivity contribution in [1.29, 1.82) is 0 Å². The van der Waals surface area contributed by atoms with Gasteiger partial charge in [0.15, 0.2) is 4.80 Å². The monoisotopic (exact) mass is 456 g/mol. The third kappa shape index (κ3) is 6.80. The number of thiazole rings is 1. The van der Waals surface area contributed by atoms with E-state index >= 15 is 0 Å². The van der Waals surface area contributed by atoms with Crippen molar-refractivity contribution in [3.8, 4) is 0 Å². The highest BCUT2D eigenvalue weighted by Gasteiger charge is 2.12. The van der Waals surface area contributed by atoms with Crippen molar-refractivity contribution in [1.82, 2.24) is 4.57 Å². The quantitative estimate of drug-likeness (QED) is 0.319. The van der Waals surface area contributed by atoms with Gasteiger partial charge in [-0.2, -0.15) is 16.8 Å². The molecule has 1 amide bonds. The van der Waals surface area contributed by atoms with Crippen molar-refractivity contribution >= 4 is 45.2 Å². The van der Waals surface area contributed by atoms with Crippen LogP contribution in [0, 0.1) is 0 Å². The van der Waals surface area contributed by atoms with Gasteiger partial charge in [-0.3, -0.25) is 9.59 Å². The smallest absolute Gasteiger partial charge is 0.326 e. The molecule has 0 radical (unpaired) electrons. The molecule has 7 heteroatoms. The van der Waals surface area contributed by atoms with Gasteiger partial charge in [0.05, 0.1) is 16.8 Å². The fourth-order valence-electron chi connectivity index (χ4n) is 3.16. The Hall–Kier alpha value is -2.38. The topological polar surface area (TPSA) is 60.7 Å². The van der Waals surface area contributed by atoms with Crippen molar-refractivity contribution in [3.05, 3.63) is 64.5 Å². The summed E-state index contributed by atoms with van der Waals surface area (Å²) < 4.78 is 7.93. The predicted molar refractivity (Wildman–Crippen MR) is 128 cm³/mol. The summed E-state index contributed by atoms with van der Waals surface area (Å²) in [5.41, 5.74) is 3.41. The number of carbonyl (C=O) groups is 2. The highest BCUT2D eigenvalue weighted by molar-refractivity contribution is 7.98. The van der Waals surface area contributed by atoms with Crippen LogP contribution in [0.3, 0.4) is 0 Å². The van der Waals surface area contributed by atoms with E-state index in [1.807, 2.05) is 42.1 Å². The summed E-state index contributed by atoms with van der Waals surface area (Å²) in [5, 5.41) is 0. The second kappa shape index (κ2) is 11.9. The third-order valence-corrected chi connectivity index (χ3v) is 6.92. The van der Waals surface area contributed by atoms with Crippen LogP contribution in [-0.2, 0) is 33.0 Å². The van der Waals surface area contributed by atoms with E-state index in [0.29, 0.717) is 17.8 Å². The number of benzene rings is 2. The number of amides is 1. The predicted octanol–water partition coefficient (Wildman–Crippen LogP) is 4.97. The van der Waals surface area contributed by atoms with Gasteiger partial charge >= 0.3 is 5.97 Å². The molecule has 0 saturated heterocycles. The normalized spacial score (nSPS) is 11.7. The Kier molecular flexibility index (Phi) is 8.91. The van der Waals surface area contributed by atoms with Gasteiger partial charge < -0.3 is 9.30 Å². The SMILES string of the molecule is CCOC(=O)Cn1c(=NC(=O)CCCSCc2ccccc2)sc2cc(CC)ccc21. The van der Waals surface area contributed by atoms with Gasteiger partial charge in [0.25, 0.3) is 0 Å². The van der Waals surface area contributed by atoms with Crippen molar-refractivity contribution in [2.75, 3.05) is 12.4 Å². The lowest BCUT2D eigenvalue weighted by atomic mass is 10.2. The van der Waals surface area contributed by atoms with E-state index in [1.165, 1.54) is 22.5 Å². The second-order valence-corrected chi connectivity index (χ2v) is 9.19. The first kappa shape index (κ1) is 23.3. The van der Waals surface area contributed by atoms with Crippen molar-refractivity contribution < 1.29 is 14.3 Å². The molecule has 2 aromatic carbocycles. The lowest BCUT2D eigenvalue weighted by molar-refractivity contribution is -0.143. The Balaban J connectivity index is 1.68. The fourth-order valence-corrected chi connectivity index (χ4v) is 5.19. The maximum absolute atomic E-state index is 12.5. The van der Waals surface area contributed by atoms with Crippen LogP contribution in [0.4, 0.5) is 0 Å². The molecule has 3 aromatic rings. The maximum atomic E-state index is 12.5. The number of aromatic nitrogens is 1. The fraction of sp³-hybridized carbons (Fsp3) is 0.375. The maximum Gasteiger partial charge on any atom is 0.326 e. The van der Waals surface area contributed by atoms with E-state index in [4.69, 9.17) is 4.74 Å². The van der Waals surface area contributed by atoms with Gasteiger partial charge in [-0.05, 0) is 48.8 Å². The summed E-state index contributed by atoms with van der Waals surface area (Å²) in [6.07, 6.45) is 2.11. The molecule has 31 heavy (non-hydrogen) atoms. The third-order valence-electron chi connectivity index (χ3n) is 4.76. The second-order valence-electron chi connectivity index (χ2n) is 7.08. The molecule has 0 aliphatic rings. The molecule has 0 unspecified atom stereocenters. The molecule has 1 aromatic heterocycles. The number of hydrogen-bond acceptors (Lipinski definition) is 5. The molecule has 3 rings (SSSR count). The van der Waals surface area contributed by atoms with Crippen LogP contribution >= 0.6 is 23.1 Å². The summed E-state index contributed by atoms with van der Waals surface area (Å²) in [4.78, 5) is 29.5. The number of carbonyl (C=O) groups excluding carboxylic acids is 2. The van der Waals surface area contributed by atoms with Crippen molar-refractivity contribution in [3.63, 3.8) is 0 Å². The Morgan fingerprint density at radius 3 is 2.65 bits per heavy atom. The molecule has 0 saturated carbocycles. The van der Waals surface area contributed by atoms with Crippen LogP contribution in [0.1, 0.15) is 37.8 Å². The standard InChI is InChI=1S/C24H28N2O3S2/c1-3-18-12-13-20-21(15-18)31-24(26(20)16-23(28)29-4-2)25-22(27)11-8-14-30-17-19-9-6-5-7-10-19/h5-7,9-10,12-13,15H,3-4,8,11,14,16-17H2,1-2H3. The number of aryl methyl sites for hydroxylation is 1. The number of ether oxygens (including phenoxy) is 1. The van der Waals surface area contributed by atoms with Crippen LogP contribution in [0.5, 0.6) is 0 Å². The number of esters is 1. The number of thioether (sulfide) groups is 1. The minimum atomic E-state index is -0.326. The van der Waals surface area contributed by atoms with Crippen molar-refractivity contribution in [2.45, 2.75) is 45.4 Å². The Morgan fingerprint density at radius 1 is 1.10 bits per heavy atom. The van der Waals surface area contributed by atoms with Crippen molar-refractivity contribution in [2.24, 2.45) is 4.99 Å². The highest BCUT2D eigenvalue weighted by atomic mass is 32.2. The molecular weight excluding hydrogens is 428 g/mol. The summed E-state index contributed by atoms with van der Waals surface area (Å²) >= 11 is 3.27. The first-order valence-electron chi connectivity index (χ1n) is 10.6. The molecular formula is C24H28N2O3S2. The molecule has 0 N–H and O–H groups in total. The van der Waals surface area contributed by atoms with Gasteiger partial charge in [-0.15, -0.1) is 0 Å². The minimum absolute atomic E-state index is 0.0539. The average Bonchev–Trinajstić information content (AvgIpc) is 3.10. The molecule has 0 aliphatic carbocycles. The van der Waals surface area contributed by atoms with E-state index < -0.39 is 0 Å². The van der Waals surface area contributed by atoms with Gasteiger partial charge in [-0.25, -0.2) is 0 Å². The molecule has 0 aliphatic heterocycles. The van der Waals surface area contributed by atoms with Gasteiger partial charge in [-0.1, -0.05) is 54.7 Å². The molecule has 0 fully saturated rings. The van der Waals surface area contributed by atoms with E-state index in [9.17, 15) is 9.59 Å². The molecule has 5 nitrogen and oxygen atoms in total. The molecule has 0 spiro atoms. The zero-order valence-corrected chi connectivity index (χ0v) is 19.6. The number of nitrogens with zero attached hydrogens (tertiary/aromatic N) is 2. The lowest BCUT2D eigenvalue weighted by Gasteiger charge is -2.05. The van der Waals surface area contributed by atoms with E-state index in [0.717, 1.165) is 34.6 Å². The molecule has 164 valence electrons. The first-order chi connectivity index (χ1) is 15.1. The Bertz CT molecular complexity index is 1090. The van der Waals surface area contributed by atoms with E-state index in [-0.39, 0.29) is 18.4 Å². The summed E-state index contributed by atoms with van der Waals surface area (Å²) in [6, 6.07) is 16.5. The van der Waals surface area contributed by atoms with Crippen LogP contribution in [0.15, 0.2) is 53.5 Å². The minimum Gasteiger partial charge on any atom is -0.465 e. The van der Waals surface area contributed by atoms with Gasteiger partial charge in [0, 0.05) is 12.2 Å². The van der Waals surface area contributed by atoms with E-state index in [1.54, 1.807) is 11.5 Å². The molecule has 0 atom stereocenters. The zero-order chi connectivity index (χ0) is 22.1. The Labute approximate surface area is 191 Å². The van der Waals surface area contributed by atoms with Crippen LogP contribution in [0.25, 0.3) is 10.2 Å². The summed E-state index contributed by atoms with van der Waals surface area (Å²) in [5.74, 6) is 1.38. The van der Waals surface area contributed by atoms with Crippen LogP contribution in [-0.4, -0.2) is 28.8 Å². The van der Waals surface area contributed by atoms with E-state index in [2.05, 4.69) is 30.1 Å². The average molecular weight is 457 g/mol. The molecule has 1 heterocycles. The largest absolute Gasteiger partial charge is 0.465 e. The highest BCUT2D eigenvalue weighted by Crippen LogP contribution is 2.20. The number of rotatable bonds is 10. The van der Waals surface area contributed by atoms with Gasteiger partial charge in [0.1, 0.15) is 6.54 Å². The number of fused-ring (bicyclic) bond motifs is 1. The zero-order valence-electron chi connectivity index (χ0n) is 18.0. The Morgan fingerprint density at radius 2 is 1.90 bits per heavy atom. The van der Waals surface area contributed by atoms with Gasteiger partial charge in [0.2, 0.25) is 5.91 Å². The summed E-state index contributed by atoms with van der Waals surface area (Å²) in [6.45, 7) is 4.27. The number of hydrogen-bond donors (Lipinski definition) is 0. The molecule has 0 bridgehead atoms. The van der Waals surface area contributed by atoms with Crippen LogP contribution < -0.4 is 4.80 Å². The lowest BCUT2D eigenvalue weighted by Crippen LogP contribution is -2.23.